The number of nitrogens with one attached hydrogen (secondary N) is 1. The van der Waals surface area contributed by atoms with Gasteiger partial charge in [-0.05, 0) is 50.3 Å². The van der Waals surface area contributed by atoms with Crippen molar-refractivity contribution in [3.63, 3.8) is 0 Å². The van der Waals surface area contributed by atoms with E-state index in [-0.39, 0.29) is 11.8 Å². The minimum atomic E-state index is 0.162. The summed E-state index contributed by atoms with van der Waals surface area (Å²) in [5.41, 5.74) is 1.79. The zero-order chi connectivity index (χ0) is 17.1. The fourth-order valence-corrected chi connectivity index (χ4v) is 4.09. The normalized spacial score (nSPS) is 19.1. The van der Waals surface area contributed by atoms with Gasteiger partial charge in [0.1, 0.15) is 12.1 Å². The Morgan fingerprint density at radius 3 is 2.56 bits per heavy atom. The van der Waals surface area contributed by atoms with E-state index in [2.05, 4.69) is 20.2 Å². The molecule has 2 aliphatic rings. The molecule has 5 heteroatoms. The molecule has 1 aliphatic heterocycles. The van der Waals surface area contributed by atoms with Crippen LogP contribution in [-0.2, 0) is 4.79 Å². The molecular weight excluding hydrogens is 312 g/mol. The van der Waals surface area contributed by atoms with Gasteiger partial charge in [-0.3, -0.25) is 4.79 Å². The lowest BCUT2D eigenvalue weighted by Gasteiger charge is -2.28. The first-order valence-electron chi connectivity index (χ1n) is 9.62. The fraction of sp³-hybridized carbons (Fsp3) is 0.550. The zero-order valence-corrected chi connectivity index (χ0v) is 14.7. The minimum Gasteiger partial charge on any atom is -0.356 e. The summed E-state index contributed by atoms with van der Waals surface area (Å²) < 4.78 is 0. The van der Waals surface area contributed by atoms with Gasteiger partial charge in [0.15, 0.2) is 0 Å². The minimum absolute atomic E-state index is 0.162. The molecule has 1 amide bonds. The van der Waals surface area contributed by atoms with E-state index < -0.39 is 0 Å². The average Bonchev–Trinajstić information content (AvgIpc) is 2.69. The molecule has 0 unspecified atom stereocenters. The number of anilines is 2. The predicted octanol–water partition coefficient (Wildman–Crippen LogP) is 4.14. The number of rotatable bonds is 3. The second kappa shape index (κ2) is 7.38. The summed E-state index contributed by atoms with van der Waals surface area (Å²) in [6.07, 6.45) is 11.0. The number of aromatic nitrogens is 2. The Hall–Kier alpha value is -2.17. The van der Waals surface area contributed by atoms with E-state index in [0.717, 1.165) is 48.3 Å². The third kappa shape index (κ3) is 3.60. The molecule has 5 nitrogen and oxygen atoms in total. The molecule has 1 aromatic heterocycles. The topological polar surface area (TPSA) is 58.1 Å². The van der Waals surface area contributed by atoms with Gasteiger partial charge < -0.3 is 10.2 Å². The monoisotopic (exact) mass is 338 g/mol. The highest BCUT2D eigenvalue weighted by Crippen LogP contribution is 2.29. The highest BCUT2D eigenvalue weighted by molar-refractivity contribution is 5.97. The fourth-order valence-electron chi connectivity index (χ4n) is 4.09. The Morgan fingerprint density at radius 1 is 1.00 bits per heavy atom. The van der Waals surface area contributed by atoms with Gasteiger partial charge in [-0.2, -0.15) is 0 Å². The number of fused-ring (bicyclic) bond motifs is 1. The van der Waals surface area contributed by atoms with Crippen molar-refractivity contribution in [1.82, 2.24) is 9.97 Å². The van der Waals surface area contributed by atoms with E-state index in [1.807, 2.05) is 18.2 Å². The molecule has 0 atom stereocenters. The van der Waals surface area contributed by atoms with Crippen molar-refractivity contribution in [2.24, 2.45) is 5.92 Å². The second-order valence-electron chi connectivity index (χ2n) is 7.30. The maximum absolute atomic E-state index is 12.5. The Balaban J connectivity index is 1.58. The molecule has 2 aromatic rings. The Labute approximate surface area is 148 Å². The van der Waals surface area contributed by atoms with Crippen molar-refractivity contribution in [3.05, 3.63) is 24.5 Å². The summed E-state index contributed by atoms with van der Waals surface area (Å²) in [7, 11) is 0. The van der Waals surface area contributed by atoms with Crippen LogP contribution in [0, 0.1) is 5.92 Å². The summed E-state index contributed by atoms with van der Waals surface area (Å²) in [6, 6.07) is 5.98. The molecule has 1 aromatic carbocycles. The molecule has 2 fully saturated rings. The van der Waals surface area contributed by atoms with Crippen LogP contribution >= 0.6 is 0 Å². The SMILES string of the molecule is O=C(Nc1ccc2ncnc(N3CCCCC3)c2c1)C1CCCCC1. The number of hydrogen-bond acceptors (Lipinski definition) is 4. The number of hydrogen-bond donors (Lipinski definition) is 1. The van der Waals surface area contributed by atoms with Crippen molar-refractivity contribution in [1.29, 1.82) is 0 Å². The first kappa shape index (κ1) is 16.3. The van der Waals surface area contributed by atoms with Crippen molar-refractivity contribution < 1.29 is 4.79 Å². The number of carbonyl (C=O) groups excluding carboxylic acids is 1. The third-order valence-corrected chi connectivity index (χ3v) is 5.51. The molecule has 1 aliphatic carbocycles. The average molecular weight is 338 g/mol. The first-order valence-corrected chi connectivity index (χ1v) is 9.62. The lowest BCUT2D eigenvalue weighted by molar-refractivity contribution is -0.120. The van der Waals surface area contributed by atoms with Gasteiger partial charge in [0.05, 0.1) is 5.52 Å². The van der Waals surface area contributed by atoms with Gasteiger partial charge >= 0.3 is 0 Å². The van der Waals surface area contributed by atoms with Crippen molar-refractivity contribution in [2.45, 2.75) is 51.4 Å². The van der Waals surface area contributed by atoms with E-state index >= 15 is 0 Å². The van der Waals surface area contributed by atoms with Crippen LogP contribution in [-0.4, -0.2) is 29.0 Å². The number of amides is 1. The van der Waals surface area contributed by atoms with Gasteiger partial charge in [0.25, 0.3) is 0 Å². The quantitative estimate of drug-likeness (QED) is 0.914. The van der Waals surface area contributed by atoms with Crippen molar-refractivity contribution >= 4 is 28.3 Å². The molecule has 1 saturated heterocycles. The summed E-state index contributed by atoms with van der Waals surface area (Å²) in [6.45, 7) is 2.09. The predicted molar refractivity (Wildman–Crippen MR) is 101 cm³/mol. The second-order valence-corrected chi connectivity index (χ2v) is 7.30. The number of carbonyl (C=O) groups is 1. The Morgan fingerprint density at radius 2 is 1.76 bits per heavy atom. The summed E-state index contributed by atoms with van der Waals surface area (Å²) in [5.74, 6) is 1.33. The van der Waals surface area contributed by atoms with Crippen molar-refractivity contribution in [3.8, 4) is 0 Å². The van der Waals surface area contributed by atoms with Crippen molar-refractivity contribution in [2.75, 3.05) is 23.3 Å². The van der Waals surface area contributed by atoms with Gasteiger partial charge in [-0.1, -0.05) is 19.3 Å². The molecule has 132 valence electrons. The lowest BCUT2D eigenvalue weighted by atomic mass is 9.88. The molecular formula is C20H26N4O. The Bertz CT molecular complexity index is 748. The summed E-state index contributed by atoms with van der Waals surface area (Å²) >= 11 is 0. The van der Waals surface area contributed by atoms with Crippen LogP contribution in [0.1, 0.15) is 51.4 Å². The maximum Gasteiger partial charge on any atom is 0.227 e. The molecule has 0 radical (unpaired) electrons. The molecule has 1 saturated carbocycles. The largest absolute Gasteiger partial charge is 0.356 e. The molecule has 2 heterocycles. The van der Waals surface area contributed by atoms with Crippen LogP contribution in [0.5, 0.6) is 0 Å². The standard InChI is InChI=1S/C20H26N4O/c25-20(15-7-3-1-4-8-15)23-16-9-10-18-17(13-16)19(22-14-21-18)24-11-5-2-6-12-24/h9-10,13-15H,1-8,11-12H2,(H,23,25). The smallest absolute Gasteiger partial charge is 0.227 e. The molecule has 25 heavy (non-hydrogen) atoms. The van der Waals surface area contributed by atoms with Crippen LogP contribution in [0.25, 0.3) is 10.9 Å². The highest BCUT2D eigenvalue weighted by atomic mass is 16.1. The molecule has 0 spiro atoms. The summed E-state index contributed by atoms with van der Waals surface area (Å²) in [4.78, 5) is 23.8. The third-order valence-electron chi connectivity index (χ3n) is 5.51. The van der Waals surface area contributed by atoms with E-state index in [0.29, 0.717) is 0 Å². The van der Waals surface area contributed by atoms with E-state index in [9.17, 15) is 4.79 Å². The molecule has 4 rings (SSSR count). The molecule has 1 N–H and O–H groups in total. The van der Waals surface area contributed by atoms with E-state index in [1.165, 1.54) is 38.5 Å². The maximum atomic E-state index is 12.5. The van der Waals surface area contributed by atoms with Crippen LogP contribution in [0.15, 0.2) is 24.5 Å². The number of benzene rings is 1. The van der Waals surface area contributed by atoms with Gasteiger partial charge in [-0.15, -0.1) is 0 Å². The van der Waals surface area contributed by atoms with E-state index in [4.69, 9.17) is 0 Å². The van der Waals surface area contributed by atoms with Gasteiger partial charge in [-0.25, -0.2) is 9.97 Å². The van der Waals surface area contributed by atoms with Crippen LogP contribution in [0.4, 0.5) is 11.5 Å². The van der Waals surface area contributed by atoms with Gasteiger partial charge in [0.2, 0.25) is 5.91 Å². The Kier molecular flexibility index (Phi) is 4.81. The molecule has 0 bridgehead atoms. The number of piperidine rings is 1. The zero-order valence-electron chi connectivity index (χ0n) is 14.7. The van der Waals surface area contributed by atoms with E-state index in [1.54, 1.807) is 6.33 Å². The number of nitrogens with zero attached hydrogens (tertiary/aromatic N) is 3. The highest BCUT2D eigenvalue weighted by Gasteiger charge is 2.21. The van der Waals surface area contributed by atoms with Crippen LogP contribution in [0.3, 0.4) is 0 Å². The summed E-state index contributed by atoms with van der Waals surface area (Å²) in [5, 5.41) is 4.15. The van der Waals surface area contributed by atoms with Gasteiger partial charge in [0, 0.05) is 30.1 Å². The van der Waals surface area contributed by atoms with Crippen LogP contribution < -0.4 is 10.2 Å². The van der Waals surface area contributed by atoms with Crippen LogP contribution in [0.2, 0.25) is 0 Å². The lowest BCUT2D eigenvalue weighted by Crippen LogP contribution is -2.30. The first-order chi connectivity index (χ1) is 12.3.